The van der Waals surface area contributed by atoms with Crippen LogP contribution >= 0.6 is 0 Å². The van der Waals surface area contributed by atoms with Crippen LogP contribution in [0.1, 0.15) is 24.3 Å². The van der Waals surface area contributed by atoms with Crippen LogP contribution in [0.2, 0.25) is 0 Å². The molecule has 1 fully saturated rings. The Bertz CT molecular complexity index is 285. The average Bonchev–Trinajstić information content (AvgIpc) is 3.03. The number of nitrogens with two attached hydrogens (primary N) is 1. The summed E-state index contributed by atoms with van der Waals surface area (Å²) < 4.78 is 0. The molecule has 0 amide bonds. The molecule has 0 saturated heterocycles. The minimum absolute atomic E-state index is 0.0745. The molecule has 3 heteroatoms. The molecular formula is C11H16N2O. The maximum atomic E-state index is 10.0. The molecule has 0 spiro atoms. The maximum absolute atomic E-state index is 10.0. The van der Waals surface area contributed by atoms with Crippen LogP contribution in [0.3, 0.4) is 0 Å². The molecule has 2 unspecified atom stereocenters. The van der Waals surface area contributed by atoms with Gasteiger partial charge < -0.3 is 10.8 Å². The summed E-state index contributed by atoms with van der Waals surface area (Å²) in [6.07, 6.45) is 5.50. The highest BCUT2D eigenvalue weighted by molar-refractivity contribution is 5.18. The molecule has 3 nitrogen and oxygen atoms in total. The topological polar surface area (TPSA) is 59.1 Å². The zero-order valence-corrected chi connectivity index (χ0v) is 8.13. The molecule has 1 aliphatic carbocycles. The van der Waals surface area contributed by atoms with Crippen molar-refractivity contribution in [3.63, 3.8) is 0 Å². The molecule has 0 aromatic carbocycles. The van der Waals surface area contributed by atoms with Crippen LogP contribution in [-0.2, 0) is 0 Å². The zero-order valence-electron chi connectivity index (χ0n) is 8.13. The van der Waals surface area contributed by atoms with E-state index in [1.165, 1.54) is 0 Å². The van der Waals surface area contributed by atoms with E-state index in [0.717, 1.165) is 18.4 Å². The van der Waals surface area contributed by atoms with Crippen molar-refractivity contribution >= 4 is 0 Å². The quantitative estimate of drug-likeness (QED) is 0.745. The number of aliphatic hydroxyl groups is 1. The first-order chi connectivity index (χ1) is 6.83. The van der Waals surface area contributed by atoms with Crippen LogP contribution < -0.4 is 5.73 Å². The minimum Gasteiger partial charge on any atom is -0.392 e. The summed E-state index contributed by atoms with van der Waals surface area (Å²) in [7, 11) is 0. The van der Waals surface area contributed by atoms with Crippen LogP contribution in [0.4, 0.5) is 0 Å². The largest absolute Gasteiger partial charge is 0.392 e. The van der Waals surface area contributed by atoms with Gasteiger partial charge in [-0.05, 0) is 36.5 Å². The Morgan fingerprint density at radius 1 is 1.43 bits per heavy atom. The van der Waals surface area contributed by atoms with Crippen LogP contribution in [0.5, 0.6) is 0 Å². The van der Waals surface area contributed by atoms with E-state index in [-0.39, 0.29) is 12.0 Å². The zero-order chi connectivity index (χ0) is 9.97. The molecule has 0 radical (unpaired) electrons. The number of hydrogen-bond acceptors (Lipinski definition) is 3. The molecule has 0 bridgehead atoms. The maximum Gasteiger partial charge on any atom is 0.0649 e. The van der Waals surface area contributed by atoms with Crippen molar-refractivity contribution in [2.24, 2.45) is 11.7 Å². The Labute approximate surface area is 84.0 Å². The molecule has 76 valence electrons. The summed E-state index contributed by atoms with van der Waals surface area (Å²) in [5.41, 5.74) is 6.79. The Balaban J connectivity index is 2.12. The Hall–Kier alpha value is -0.930. The van der Waals surface area contributed by atoms with E-state index in [0.29, 0.717) is 12.5 Å². The van der Waals surface area contributed by atoms with Gasteiger partial charge in [-0.2, -0.15) is 0 Å². The first-order valence-corrected chi connectivity index (χ1v) is 5.11. The highest BCUT2D eigenvalue weighted by atomic mass is 16.3. The number of nitrogens with zero attached hydrogens (tertiary/aromatic N) is 1. The van der Waals surface area contributed by atoms with E-state index < -0.39 is 0 Å². The van der Waals surface area contributed by atoms with Crippen molar-refractivity contribution in [1.29, 1.82) is 0 Å². The minimum atomic E-state index is -0.276. The van der Waals surface area contributed by atoms with E-state index in [9.17, 15) is 5.11 Å². The molecular weight excluding hydrogens is 176 g/mol. The van der Waals surface area contributed by atoms with E-state index in [2.05, 4.69) is 4.98 Å². The van der Waals surface area contributed by atoms with Gasteiger partial charge in [-0.1, -0.05) is 0 Å². The van der Waals surface area contributed by atoms with Gasteiger partial charge in [0.25, 0.3) is 0 Å². The third kappa shape index (κ3) is 1.94. The van der Waals surface area contributed by atoms with Crippen molar-refractivity contribution in [3.05, 3.63) is 30.1 Å². The van der Waals surface area contributed by atoms with Crippen molar-refractivity contribution in [2.75, 3.05) is 6.54 Å². The van der Waals surface area contributed by atoms with Crippen LogP contribution in [-0.4, -0.2) is 22.7 Å². The third-order valence-electron chi connectivity index (χ3n) is 2.91. The lowest BCUT2D eigenvalue weighted by atomic mass is 9.91. The van der Waals surface area contributed by atoms with Crippen LogP contribution in [0.15, 0.2) is 24.5 Å². The average molecular weight is 192 g/mol. The molecule has 2 atom stereocenters. The molecule has 1 aromatic rings. The van der Waals surface area contributed by atoms with Gasteiger partial charge in [0.05, 0.1) is 6.10 Å². The first-order valence-electron chi connectivity index (χ1n) is 5.11. The van der Waals surface area contributed by atoms with Gasteiger partial charge in [0, 0.05) is 24.9 Å². The van der Waals surface area contributed by atoms with E-state index in [1.54, 1.807) is 12.4 Å². The Morgan fingerprint density at radius 3 is 2.57 bits per heavy atom. The fraction of sp³-hybridized carbons (Fsp3) is 0.545. The molecule has 1 aromatic heterocycles. The molecule has 1 aliphatic rings. The highest BCUT2D eigenvalue weighted by Crippen LogP contribution is 2.38. The third-order valence-corrected chi connectivity index (χ3v) is 2.91. The predicted octanol–water partition coefficient (Wildman–Crippen LogP) is 0.895. The van der Waals surface area contributed by atoms with Crippen molar-refractivity contribution < 1.29 is 5.11 Å². The number of aliphatic hydroxyl groups excluding tert-OH is 1. The summed E-state index contributed by atoms with van der Waals surface area (Å²) in [5.74, 6) is 0.544. The summed E-state index contributed by atoms with van der Waals surface area (Å²) in [6.45, 7) is 0.502. The van der Waals surface area contributed by atoms with Gasteiger partial charge in [-0.15, -0.1) is 0 Å². The van der Waals surface area contributed by atoms with Gasteiger partial charge in [0.1, 0.15) is 0 Å². The number of aromatic nitrogens is 1. The Kier molecular flexibility index (Phi) is 2.79. The van der Waals surface area contributed by atoms with Crippen molar-refractivity contribution in [2.45, 2.75) is 24.9 Å². The normalized spacial score (nSPS) is 20.4. The van der Waals surface area contributed by atoms with Gasteiger partial charge in [-0.3, -0.25) is 4.98 Å². The van der Waals surface area contributed by atoms with Crippen molar-refractivity contribution in [3.8, 4) is 0 Å². The first kappa shape index (κ1) is 9.62. The second-order valence-electron chi connectivity index (χ2n) is 3.95. The second-order valence-corrected chi connectivity index (χ2v) is 3.95. The molecule has 14 heavy (non-hydrogen) atoms. The molecule has 0 aliphatic heterocycles. The molecule has 2 rings (SSSR count). The molecule has 1 heterocycles. The lowest BCUT2D eigenvalue weighted by Gasteiger charge is -2.21. The standard InChI is InChI=1S/C11H16N2O/c12-7-10(11(14)9-1-2-9)8-3-5-13-6-4-8/h3-6,9-11,14H,1-2,7,12H2. The van der Waals surface area contributed by atoms with Crippen molar-refractivity contribution in [1.82, 2.24) is 4.98 Å². The monoisotopic (exact) mass is 192 g/mol. The lowest BCUT2D eigenvalue weighted by molar-refractivity contribution is 0.123. The van der Waals surface area contributed by atoms with Crippen LogP contribution in [0.25, 0.3) is 0 Å². The number of pyridine rings is 1. The highest BCUT2D eigenvalue weighted by Gasteiger charge is 2.35. The lowest BCUT2D eigenvalue weighted by Crippen LogP contribution is -2.27. The van der Waals surface area contributed by atoms with E-state index >= 15 is 0 Å². The van der Waals surface area contributed by atoms with Gasteiger partial charge >= 0.3 is 0 Å². The fourth-order valence-electron chi connectivity index (χ4n) is 1.85. The number of hydrogen-bond donors (Lipinski definition) is 2. The van der Waals surface area contributed by atoms with E-state index in [4.69, 9.17) is 5.73 Å². The number of rotatable bonds is 4. The summed E-state index contributed by atoms with van der Waals surface area (Å²) >= 11 is 0. The molecule has 3 N–H and O–H groups in total. The Morgan fingerprint density at radius 2 is 2.07 bits per heavy atom. The smallest absolute Gasteiger partial charge is 0.0649 e. The summed E-state index contributed by atoms with van der Waals surface area (Å²) in [6, 6.07) is 3.87. The van der Waals surface area contributed by atoms with Gasteiger partial charge in [0.15, 0.2) is 0 Å². The van der Waals surface area contributed by atoms with Crippen LogP contribution in [0, 0.1) is 5.92 Å². The second kappa shape index (κ2) is 4.07. The molecule has 1 saturated carbocycles. The predicted molar refractivity (Wildman–Crippen MR) is 54.8 cm³/mol. The van der Waals surface area contributed by atoms with Gasteiger partial charge in [-0.25, -0.2) is 0 Å². The fourth-order valence-corrected chi connectivity index (χ4v) is 1.85. The van der Waals surface area contributed by atoms with Gasteiger partial charge in [0.2, 0.25) is 0 Å². The summed E-state index contributed by atoms with van der Waals surface area (Å²) in [4.78, 5) is 3.96. The SMILES string of the molecule is NCC(c1ccncc1)C(O)C1CC1. The van der Waals surface area contributed by atoms with E-state index in [1.807, 2.05) is 12.1 Å². The summed E-state index contributed by atoms with van der Waals surface area (Å²) in [5, 5.41) is 10.0.